The molecule has 1 heterocycles. The molecular weight excluding hydrogens is 389 g/mol. The Hall–Kier alpha value is -0.393. The maximum Gasteiger partial charge on any atom is 0.459 e. The molecule has 1 unspecified atom stereocenters. The van der Waals surface area contributed by atoms with Gasteiger partial charge in [0.05, 0.1) is 13.2 Å². The standard InChI is InChI=1S/C15H23F7O3Si/c1-26(2,3)25-11(13(16,17)14(18,19)15(20,21)22)10-4-6-12(7-5-10)23-8-9-24-12/h10-11H,4-9H2,1-3H3. The van der Waals surface area contributed by atoms with E-state index >= 15 is 0 Å². The third-order valence-electron chi connectivity index (χ3n) is 4.65. The summed E-state index contributed by atoms with van der Waals surface area (Å²) in [7, 11) is -2.84. The quantitative estimate of drug-likeness (QED) is 0.471. The molecule has 1 aliphatic carbocycles. The van der Waals surface area contributed by atoms with Gasteiger partial charge in [-0.1, -0.05) is 0 Å². The molecule has 1 aliphatic heterocycles. The van der Waals surface area contributed by atoms with Crippen molar-refractivity contribution in [1.29, 1.82) is 0 Å². The molecule has 0 radical (unpaired) electrons. The predicted octanol–water partition coefficient (Wildman–Crippen LogP) is 4.97. The lowest BCUT2D eigenvalue weighted by Gasteiger charge is -2.44. The van der Waals surface area contributed by atoms with Gasteiger partial charge in [-0.3, -0.25) is 0 Å². The highest BCUT2D eigenvalue weighted by molar-refractivity contribution is 6.69. The largest absolute Gasteiger partial charge is 0.459 e. The van der Waals surface area contributed by atoms with Gasteiger partial charge < -0.3 is 13.9 Å². The molecular formula is C15H23F7O3Si. The number of halogens is 7. The first-order valence-electron chi connectivity index (χ1n) is 8.39. The summed E-state index contributed by atoms with van der Waals surface area (Å²) in [5, 5.41) is 0. The number of hydrogen-bond donors (Lipinski definition) is 0. The summed E-state index contributed by atoms with van der Waals surface area (Å²) in [6, 6.07) is 0. The average molecular weight is 412 g/mol. The van der Waals surface area contributed by atoms with Crippen molar-refractivity contribution in [3.05, 3.63) is 0 Å². The second-order valence-corrected chi connectivity index (χ2v) is 12.3. The van der Waals surface area contributed by atoms with E-state index in [0.717, 1.165) is 0 Å². The summed E-state index contributed by atoms with van der Waals surface area (Å²) < 4.78 is 110. The van der Waals surface area contributed by atoms with Gasteiger partial charge >= 0.3 is 18.0 Å². The fraction of sp³-hybridized carbons (Fsp3) is 1.00. The van der Waals surface area contributed by atoms with Crippen LogP contribution in [0.3, 0.4) is 0 Å². The van der Waals surface area contributed by atoms with Crippen LogP contribution in [0.25, 0.3) is 0 Å². The molecule has 2 aliphatic rings. The molecule has 1 saturated carbocycles. The number of ether oxygens (including phenoxy) is 2. The van der Waals surface area contributed by atoms with Gasteiger partial charge in [0.2, 0.25) is 0 Å². The molecule has 1 spiro atoms. The van der Waals surface area contributed by atoms with Crippen LogP contribution in [-0.4, -0.2) is 51.4 Å². The van der Waals surface area contributed by atoms with Crippen LogP contribution in [0.2, 0.25) is 19.6 Å². The minimum atomic E-state index is -6.37. The molecule has 26 heavy (non-hydrogen) atoms. The van der Waals surface area contributed by atoms with E-state index in [1.807, 2.05) is 0 Å². The fourth-order valence-electron chi connectivity index (χ4n) is 3.38. The highest BCUT2D eigenvalue weighted by atomic mass is 28.4. The molecule has 1 saturated heterocycles. The smallest absolute Gasteiger partial charge is 0.408 e. The van der Waals surface area contributed by atoms with Gasteiger partial charge in [0.1, 0.15) is 6.10 Å². The van der Waals surface area contributed by atoms with Crippen LogP contribution in [-0.2, 0) is 13.9 Å². The molecule has 2 rings (SSSR count). The third-order valence-corrected chi connectivity index (χ3v) is 5.61. The highest BCUT2D eigenvalue weighted by Crippen LogP contribution is 2.52. The first-order valence-corrected chi connectivity index (χ1v) is 11.8. The van der Waals surface area contributed by atoms with Crippen LogP contribution < -0.4 is 0 Å². The van der Waals surface area contributed by atoms with Crippen molar-refractivity contribution >= 4 is 8.32 Å². The third kappa shape index (κ3) is 4.20. The Morgan fingerprint density at radius 2 is 1.38 bits per heavy atom. The van der Waals surface area contributed by atoms with Crippen molar-refractivity contribution in [3.8, 4) is 0 Å². The van der Waals surface area contributed by atoms with Crippen molar-refractivity contribution < 1.29 is 44.6 Å². The zero-order valence-corrected chi connectivity index (χ0v) is 15.8. The predicted molar refractivity (Wildman–Crippen MR) is 80.8 cm³/mol. The molecule has 154 valence electrons. The number of hydrogen-bond acceptors (Lipinski definition) is 3. The highest BCUT2D eigenvalue weighted by Gasteiger charge is 2.76. The van der Waals surface area contributed by atoms with Crippen LogP contribution in [0.15, 0.2) is 0 Å². The van der Waals surface area contributed by atoms with Crippen molar-refractivity contribution in [1.82, 2.24) is 0 Å². The number of rotatable bonds is 5. The first kappa shape index (κ1) is 21.9. The molecule has 0 aromatic rings. The summed E-state index contributed by atoms with van der Waals surface area (Å²) in [4.78, 5) is 0. The lowest BCUT2D eigenvalue weighted by molar-refractivity contribution is -0.374. The maximum atomic E-state index is 14.4. The van der Waals surface area contributed by atoms with Crippen LogP contribution in [0, 0.1) is 5.92 Å². The van der Waals surface area contributed by atoms with Crippen molar-refractivity contribution in [2.24, 2.45) is 5.92 Å². The zero-order chi connectivity index (χ0) is 20.0. The molecule has 2 fully saturated rings. The van der Waals surface area contributed by atoms with Crippen molar-refractivity contribution in [3.63, 3.8) is 0 Å². The normalized spacial score (nSPS) is 24.2. The van der Waals surface area contributed by atoms with Gasteiger partial charge in [0.15, 0.2) is 14.1 Å². The lowest BCUT2D eigenvalue weighted by atomic mass is 9.79. The van der Waals surface area contributed by atoms with Crippen LogP contribution in [0.5, 0.6) is 0 Å². The van der Waals surface area contributed by atoms with Crippen LogP contribution in [0.4, 0.5) is 30.7 Å². The minimum absolute atomic E-state index is 0.0430. The average Bonchev–Trinajstić information content (AvgIpc) is 2.92. The summed E-state index contributed by atoms with van der Waals surface area (Å²) >= 11 is 0. The van der Waals surface area contributed by atoms with E-state index < -0.39 is 44.1 Å². The van der Waals surface area contributed by atoms with Crippen LogP contribution >= 0.6 is 0 Å². The van der Waals surface area contributed by atoms with E-state index in [0.29, 0.717) is 13.2 Å². The van der Waals surface area contributed by atoms with E-state index in [2.05, 4.69) is 0 Å². The summed E-state index contributed by atoms with van der Waals surface area (Å²) in [5.74, 6) is -13.6. The molecule has 1 atom stereocenters. The van der Waals surface area contributed by atoms with Crippen LogP contribution in [0.1, 0.15) is 25.7 Å². The molecule has 0 bridgehead atoms. The Bertz CT molecular complexity index is 488. The van der Waals surface area contributed by atoms with Gasteiger partial charge in [-0.15, -0.1) is 0 Å². The molecule has 3 nitrogen and oxygen atoms in total. The monoisotopic (exact) mass is 412 g/mol. The van der Waals surface area contributed by atoms with E-state index in [1.54, 1.807) is 0 Å². The SMILES string of the molecule is C[Si](C)(C)OC(C1CCC2(CC1)OCCO2)C(F)(F)C(F)(F)C(F)(F)F. The second kappa shape index (κ2) is 6.89. The molecule has 0 N–H and O–H groups in total. The van der Waals surface area contributed by atoms with Gasteiger partial charge in [-0.25, -0.2) is 0 Å². The Balaban J connectivity index is 2.26. The topological polar surface area (TPSA) is 27.7 Å². The van der Waals surface area contributed by atoms with E-state index in [4.69, 9.17) is 13.9 Å². The van der Waals surface area contributed by atoms with Gasteiger partial charge in [-0.05, 0) is 38.4 Å². The number of alkyl halides is 7. The molecule has 0 amide bonds. The van der Waals surface area contributed by atoms with Crippen molar-refractivity contribution in [2.45, 2.75) is 75.2 Å². The van der Waals surface area contributed by atoms with E-state index in [-0.39, 0.29) is 25.7 Å². The summed E-state index contributed by atoms with van der Waals surface area (Å²) in [6.07, 6.45) is -8.68. The summed E-state index contributed by atoms with van der Waals surface area (Å²) in [6.45, 7) is 5.07. The van der Waals surface area contributed by atoms with Gasteiger partial charge in [-0.2, -0.15) is 30.7 Å². The summed E-state index contributed by atoms with van der Waals surface area (Å²) in [5.41, 5.74) is 0. The molecule has 0 aromatic heterocycles. The second-order valence-electron chi connectivity index (χ2n) is 7.79. The van der Waals surface area contributed by atoms with Crippen molar-refractivity contribution in [2.75, 3.05) is 13.2 Å². The molecule has 11 heteroatoms. The Labute approximate surface area is 148 Å². The zero-order valence-electron chi connectivity index (χ0n) is 14.8. The first-order chi connectivity index (χ1) is 11.6. The van der Waals surface area contributed by atoms with E-state index in [9.17, 15) is 30.7 Å². The maximum absolute atomic E-state index is 14.4. The minimum Gasteiger partial charge on any atom is -0.408 e. The van der Waals surface area contributed by atoms with Gasteiger partial charge in [0.25, 0.3) is 0 Å². The molecule has 0 aromatic carbocycles. The Morgan fingerprint density at radius 1 is 0.923 bits per heavy atom. The van der Waals surface area contributed by atoms with Gasteiger partial charge in [0, 0.05) is 12.8 Å². The fourth-order valence-corrected chi connectivity index (χ4v) is 4.49. The Kier molecular flexibility index (Phi) is 5.81. The lowest BCUT2D eigenvalue weighted by Crippen LogP contribution is -2.62. The van der Waals surface area contributed by atoms with E-state index in [1.165, 1.54) is 19.6 Å². The Morgan fingerprint density at radius 3 is 1.77 bits per heavy atom.